The van der Waals surface area contributed by atoms with E-state index >= 15 is 0 Å². The van der Waals surface area contributed by atoms with Crippen molar-refractivity contribution in [1.82, 2.24) is 5.16 Å². The molecule has 0 aliphatic carbocycles. The van der Waals surface area contributed by atoms with Crippen LogP contribution in [0.15, 0.2) is 20.4 Å². The molecule has 2 aromatic heterocycles. The van der Waals surface area contributed by atoms with E-state index in [1.54, 1.807) is 0 Å². The average Bonchev–Trinajstić information content (AvgIpc) is 2.71. The molecule has 0 aliphatic heterocycles. The van der Waals surface area contributed by atoms with Crippen molar-refractivity contribution in [3.8, 4) is 10.6 Å². The van der Waals surface area contributed by atoms with Gasteiger partial charge in [-0.05, 0) is 39.9 Å². The van der Waals surface area contributed by atoms with E-state index in [1.165, 1.54) is 11.3 Å². The summed E-state index contributed by atoms with van der Waals surface area (Å²) in [4.78, 5) is 11.6. The molecule has 0 aromatic carbocycles. The quantitative estimate of drug-likeness (QED) is 0.921. The topological polar surface area (TPSA) is 63.3 Å². The molecule has 0 unspecified atom stereocenters. The molecule has 2 heterocycles. The predicted octanol–water partition coefficient (Wildman–Crippen LogP) is 3.17. The van der Waals surface area contributed by atoms with E-state index in [0.29, 0.717) is 10.2 Å². The molecule has 15 heavy (non-hydrogen) atoms. The lowest BCUT2D eigenvalue weighted by Gasteiger charge is -1.93. The van der Waals surface area contributed by atoms with E-state index in [1.807, 2.05) is 18.4 Å². The van der Waals surface area contributed by atoms with Crippen LogP contribution in [0.4, 0.5) is 0 Å². The Labute approximate surface area is 97.6 Å². The summed E-state index contributed by atoms with van der Waals surface area (Å²) in [6, 6.07) is 1.94. The van der Waals surface area contributed by atoms with E-state index < -0.39 is 5.97 Å². The minimum absolute atomic E-state index is 0.0993. The Bertz CT molecular complexity index is 517. The molecule has 0 amide bonds. The van der Waals surface area contributed by atoms with Crippen molar-refractivity contribution in [2.24, 2.45) is 0 Å². The Kier molecular flexibility index (Phi) is 2.62. The first-order chi connectivity index (χ1) is 7.11. The predicted molar refractivity (Wildman–Crippen MR) is 59.2 cm³/mol. The largest absolute Gasteiger partial charge is 0.476 e. The van der Waals surface area contributed by atoms with Crippen LogP contribution in [0.1, 0.15) is 16.1 Å². The van der Waals surface area contributed by atoms with Crippen LogP contribution < -0.4 is 0 Å². The summed E-state index contributed by atoms with van der Waals surface area (Å²) in [6.07, 6.45) is 0. The second-order valence-corrected chi connectivity index (χ2v) is 4.62. The highest BCUT2D eigenvalue weighted by Crippen LogP contribution is 2.36. The number of aromatic carboxylic acids is 1. The number of aryl methyl sites for hydroxylation is 1. The van der Waals surface area contributed by atoms with Crippen LogP contribution in [0, 0.1) is 6.92 Å². The lowest BCUT2D eigenvalue weighted by atomic mass is 10.2. The molecule has 0 bridgehead atoms. The minimum Gasteiger partial charge on any atom is -0.476 e. The smallest absolute Gasteiger partial charge is 0.359 e. The molecule has 0 aliphatic rings. The van der Waals surface area contributed by atoms with Gasteiger partial charge in [-0.25, -0.2) is 4.79 Å². The highest BCUT2D eigenvalue weighted by atomic mass is 79.9. The Hall–Kier alpha value is -1.14. The van der Waals surface area contributed by atoms with Gasteiger partial charge >= 0.3 is 5.97 Å². The summed E-state index contributed by atoms with van der Waals surface area (Å²) in [5.74, 6) is -0.633. The lowest BCUT2D eigenvalue weighted by molar-refractivity contribution is 0.0685. The summed E-state index contributed by atoms with van der Waals surface area (Å²) in [5.41, 5.74) is 0.937. The fourth-order valence-electron chi connectivity index (χ4n) is 1.16. The molecule has 0 atom stereocenters. The van der Waals surface area contributed by atoms with Crippen molar-refractivity contribution in [3.05, 3.63) is 27.2 Å². The molecule has 0 radical (unpaired) electrons. The molecule has 0 spiro atoms. The molecule has 0 saturated carbocycles. The fourth-order valence-corrected chi connectivity index (χ4v) is 2.71. The maximum Gasteiger partial charge on any atom is 0.359 e. The average molecular weight is 288 g/mol. The number of thiophene rings is 1. The molecule has 2 rings (SSSR count). The van der Waals surface area contributed by atoms with Gasteiger partial charge < -0.3 is 9.63 Å². The van der Waals surface area contributed by atoms with Gasteiger partial charge in [0, 0.05) is 0 Å². The van der Waals surface area contributed by atoms with Crippen LogP contribution in [0.3, 0.4) is 0 Å². The van der Waals surface area contributed by atoms with Gasteiger partial charge in [-0.3, -0.25) is 0 Å². The third-order valence-electron chi connectivity index (χ3n) is 1.91. The first-order valence-electron chi connectivity index (χ1n) is 4.04. The first-order valence-corrected chi connectivity index (χ1v) is 5.71. The van der Waals surface area contributed by atoms with Crippen LogP contribution in [-0.2, 0) is 0 Å². The fraction of sp³-hybridized carbons (Fsp3) is 0.111. The van der Waals surface area contributed by atoms with Gasteiger partial charge in [-0.2, -0.15) is 0 Å². The normalized spacial score (nSPS) is 10.5. The number of carboxylic acids is 1. The number of hydrogen-bond acceptors (Lipinski definition) is 4. The summed E-state index contributed by atoms with van der Waals surface area (Å²) in [7, 11) is 0. The Morgan fingerprint density at radius 2 is 2.40 bits per heavy atom. The number of aromatic nitrogens is 1. The molecule has 2 aromatic rings. The maximum atomic E-state index is 10.7. The zero-order valence-corrected chi connectivity index (χ0v) is 10.1. The molecular weight excluding hydrogens is 282 g/mol. The maximum absolute atomic E-state index is 10.7. The number of nitrogens with zero attached hydrogens (tertiary/aromatic N) is 1. The second-order valence-electron chi connectivity index (χ2n) is 2.91. The highest BCUT2D eigenvalue weighted by Gasteiger charge is 2.21. The number of halogens is 1. The standard InChI is InChI=1S/C9H6BrNO3S/c1-4-2-3-15-8(4)7-5(10)6(9(12)13)11-14-7/h2-3H,1H3,(H,12,13). The summed E-state index contributed by atoms with van der Waals surface area (Å²) in [6.45, 7) is 1.93. The van der Waals surface area contributed by atoms with Crippen molar-refractivity contribution in [1.29, 1.82) is 0 Å². The highest BCUT2D eigenvalue weighted by molar-refractivity contribution is 9.10. The lowest BCUT2D eigenvalue weighted by Crippen LogP contribution is -1.96. The zero-order chi connectivity index (χ0) is 11.0. The summed E-state index contributed by atoms with van der Waals surface area (Å²) < 4.78 is 5.40. The van der Waals surface area contributed by atoms with Crippen LogP contribution in [-0.4, -0.2) is 16.2 Å². The van der Waals surface area contributed by atoms with Gasteiger partial charge in [0.15, 0.2) is 5.76 Å². The summed E-state index contributed by atoms with van der Waals surface area (Å²) >= 11 is 4.66. The Morgan fingerprint density at radius 3 is 2.87 bits per heavy atom. The van der Waals surface area contributed by atoms with E-state index in [2.05, 4.69) is 21.1 Å². The molecule has 0 fully saturated rings. The van der Waals surface area contributed by atoms with E-state index in [0.717, 1.165) is 10.4 Å². The van der Waals surface area contributed by atoms with E-state index in [4.69, 9.17) is 9.63 Å². The molecule has 4 nitrogen and oxygen atoms in total. The molecular formula is C9H6BrNO3S. The number of carboxylic acid groups (broad SMARTS) is 1. The second kappa shape index (κ2) is 3.79. The number of rotatable bonds is 2. The molecule has 0 saturated heterocycles. The van der Waals surface area contributed by atoms with Gasteiger partial charge in [0.05, 0.1) is 4.88 Å². The van der Waals surface area contributed by atoms with Crippen LogP contribution in [0.2, 0.25) is 0 Å². The number of hydrogen-bond donors (Lipinski definition) is 1. The van der Waals surface area contributed by atoms with Gasteiger partial charge in [-0.1, -0.05) is 5.16 Å². The van der Waals surface area contributed by atoms with Crippen molar-refractivity contribution in [2.75, 3.05) is 0 Å². The van der Waals surface area contributed by atoms with Crippen LogP contribution in [0.5, 0.6) is 0 Å². The van der Waals surface area contributed by atoms with Crippen LogP contribution >= 0.6 is 27.3 Å². The first kappa shape index (κ1) is 10.4. The van der Waals surface area contributed by atoms with E-state index in [-0.39, 0.29) is 5.69 Å². The van der Waals surface area contributed by atoms with Crippen molar-refractivity contribution >= 4 is 33.2 Å². The molecule has 6 heteroatoms. The van der Waals surface area contributed by atoms with Crippen molar-refractivity contribution in [2.45, 2.75) is 6.92 Å². The van der Waals surface area contributed by atoms with Crippen LogP contribution in [0.25, 0.3) is 10.6 Å². The number of carbonyl (C=O) groups is 1. The third-order valence-corrected chi connectivity index (χ3v) is 3.66. The Morgan fingerprint density at radius 1 is 1.67 bits per heavy atom. The van der Waals surface area contributed by atoms with Gasteiger partial charge in [0.2, 0.25) is 5.69 Å². The zero-order valence-electron chi connectivity index (χ0n) is 7.65. The van der Waals surface area contributed by atoms with Gasteiger partial charge in [-0.15, -0.1) is 11.3 Å². The third kappa shape index (κ3) is 1.70. The Balaban J connectivity index is 2.56. The monoisotopic (exact) mass is 287 g/mol. The van der Waals surface area contributed by atoms with Crippen molar-refractivity contribution in [3.63, 3.8) is 0 Å². The minimum atomic E-state index is -1.11. The van der Waals surface area contributed by atoms with E-state index in [9.17, 15) is 4.79 Å². The van der Waals surface area contributed by atoms with Crippen molar-refractivity contribution < 1.29 is 14.4 Å². The summed E-state index contributed by atoms with van der Waals surface area (Å²) in [5, 5.41) is 14.2. The molecule has 1 N–H and O–H groups in total. The SMILES string of the molecule is Cc1ccsc1-c1onc(C(=O)O)c1Br. The van der Waals surface area contributed by atoms with Gasteiger partial charge in [0.1, 0.15) is 4.47 Å². The van der Waals surface area contributed by atoms with Gasteiger partial charge in [0.25, 0.3) is 0 Å². The molecule has 78 valence electrons.